The summed E-state index contributed by atoms with van der Waals surface area (Å²) in [4.78, 5) is 0. The molecule has 0 aromatic heterocycles. The molecule has 0 saturated heterocycles. The van der Waals surface area contributed by atoms with E-state index >= 15 is 0 Å². The molecule has 0 bridgehead atoms. The van der Waals surface area contributed by atoms with Gasteiger partial charge in [0.25, 0.3) is 0 Å². The highest BCUT2D eigenvalue weighted by Crippen LogP contribution is 2.37. The van der Waals surface area contributed by atoms with Gasteiger partial charge in [0.05, 0.1) is 7.11 Å². The molecule has 1 aliphatic rings. The van der Waals surface area contributed by atoms with Gasteiger partial charge in [-0.25, -0.2) is 0 Å². The van der Waals surface area contributed by atoms with Gasteiger partial charge in [0, 0.05) is 6.04 Å². The largest absolute Gasteiger partial charge is 0.496 e. The first kappa shape index (κ1) is 15.4. The highest BCUT2D eigenvalue weighted by atomic mass is 16.5. The summed E-state index contributed by atoms with van der Waals surface area (Å²) in [6.45, 7) is 7.65. The normalized spacial score (nSPS) is 17.4. The van der Waals surface area contributed by atoms with E-state index in [1.807, 2.05) is 0 Å². The third kappa shape index (κ3) is 3.35. The minimum absolute atomic E-state index is 0.515. The minimum atomic E-state index is 0.515. The van der Waals surface area contributed by atoms with Crippen LogP contribution < -0.4 is 10.1 Å². The Balaban J connectivity index is 2.27. The molecule has 1 aromatic carbocycles. The molecule has 0 spiro atoms. The van der Waals surface area contributed by atoms with Crippen molar-refractivity contribution in [2.45, 2.75) is 58.9 Å². The van der Waals surface area contributed by atoms with Gasteiger partial charge in [-0.15, -0.1) is 0 Å². The lowest BCUT2D eigenvalue weighted by atomic mass is 9.89. The number of rotatable bonds is 6. The number of nitrogens with one attached hydrogen (secondary N) is 1. The molecule has 0 aliphatic heterocycles. The highest BCUT2D eigenvalue weighted by Gasteiger charge is 2.26. The van der Waals surface area contributed by atoms with Crippen LogP contribution in [0.3, 0.4) is 0 Å². The molecule has 0 heterocycles. The molecular weight excluding hydrogens is 246 g/mol. The molecule has 1 aromatic rings. The SMILES string of the molecule is CCCNC(c1cc(C)c(OC)c(C)c1)C1CCCC1. The Bertz CT molecular complexity index is 412. The quantitative estimate of drug-likeness (QED) is 0.822. The molecule has 2 rings (SSSR count). The number of ether oxygens (including phenoxy) is 1. The molecule has 2 nitrogen and oxygen atoms in total. The van der Waals surface area contributed by atoms with Crippen LogP contribution in [-0.2, 0) is 0 Å². The monoisotopic (exact) mass is 275 g/mol. The number of hydrogen-bond acceptors (Lipinski definition) is 2. The van der Waals surface area contributed by atoms with E-state index in [1.165, 1.54) is 48.8 Å². The zero-order valence-electron chi connectivity index (χ0n) is 13.5. The van der Waals surface area contributed by atoms with Crippen LogP contribution in [-0.4, -0.2) is 13.7 Å². The first-order chi connectivity index (χ1) is 9.67. The van der Waals surface area contributed by atoms with Crippen LogP contribution in [0.2, 0.25) is 0 Å². The maximum atomic E-state index is 5.50. The number of hydrogen-bond donors (Lipinski definition) is 1. The zero-order valence-corrected chi connectivity index (χ0v) is 13.5. The molecule has 1 saturated carbocycles. The Labute approximate surface area is 123 Å². The van der Waals surface area contributed by atoms with Crippen LogP contribution in [0.5, 0.6) is 5.75 Å². The van der Waals surface area contributed by atoms with Crippen molar-refractivity contribution in [1.29, 1.82) is 0 Å². The van der Waals surface area contributed by atoms with E-state index in [0.29, 0.717) is 6.04 Å². The lowest BCUT2D eigenvalue weighted by Gasteiger charge is -2.26. The van der Waals surface area contributed by atoms with Crippen LogP contribution in [0.4, 0.5) is 0 Å². The molecule has 1 N–H and O–H groups in total. The first-order valence-corrected chi connectivity index (χ1v) is 8.05. The smallest absolute Gasteiger partial charge is 0.124 e. The summed E-state index contributed by atoms with van der Waals surface area (Å²) >= 11 is 0. The summed E-state index contributed by atoms with van der Waals surface area (Å²) in [6.07, 6.45) is 6.71. The Morgan fingerprint density at radius 2 is 1.80 bits per heavy atom. The van der Waals surface area contributed by atoms with Crippen LogP contribution >= 0.6 is 0 Å². The summed E-state index contributed by atoms with van der Waals surface area (Å²) in [5, 5.41) is 3.78. The van der Waals surface area contributed by atoms with Crippen LogP contribution in [0.25, 0.3) is 0 Å². The third-order valence-electron chi connectivity index (χ3n) is 4.53. The predicted octanol–water partition coefficient (Wildman–Crippen LogP) is 4.54. The molecule has 1 aliphatic carbocycles. The molecule has 1 atom stereocenters. The molecule has 20 heavy (non-hydrogen) atoms. The predicted molar refractivity (Wildman–Crippen MR) is 85.5 cm³/mol. The standard InChI is InChI=1S/C18H29NO/c1-5-10-19-17(15-8-6-7-9-15)16-11-13(2)18(20-4)14(3)12-16/h11-12,15,17,19H,5-10H2,1-4H3. The summed E-state index contributed by atoms with van der Waals surface area (Å²) < 4.78 is 5.50. The summed E-state index contributed by atoms with van der Waals surface area (Å²) in [5.41, 5.74) is 3.95. The van der Waals surface area contributed by atoms with E-state index in [-0.39, 0.29) is 0 Å². The fraction of sp³-hybridized carbons (Fsp3) is 0.667. The summed E-state index contributed by atoms with van der Waals surface area (Å²) in [7, 11) is 1.76. The van der Waals surface area contributed by atoms with Crippen molar-refractivity contribution >= 4 is 0 Å². The van der Waals surface area contributed by atoms with Crippen molar-refractivity contribution in [2.24, 2.45) is 5.92 Å². The van der Waals surface area contributed by atoms with Gasteiger partial charge < -0.3 is 10.1 Å². The van der Waals surface area contributed by atoms with E-state index in [9.17, 15) is 0 Å². The van der Waals surface area contributed by atoms with Gasteiger partial charge in [-0.05, 0) is 62.3 Å². The molecule has 1 unspecified atom stereocenters. The highest BCUT2D eigenvalue weighted by molar-refractivity contribution is 5.44. The third-order valence-corrected chi connectivity index (χ3v) is 4.53. The van der Waals surface area contributed by atoms with Crippen molar-refractivity contribution in [1.82, 2.24) is 5.32 Å². The van der Waals surface area contributed by atoms with E-state index in [4.69, 9.17) is 4.74 Å². The van der Waals surface area contributed by atoms with Gasteiger partial charge in [-0.3, -0.25) is 0 Å². The van der Waals surface area contributed by atoms with Gasteiger partial charge in [0.1, 0.15) is 5.75 Å². The van der Waals surface area contributed by atoms with Gasteiger partial charge in [-0.1, -0.05) is 31.9 Å². The average Bonchev–Trinajstić information content (AvgIpc) is 2.93. The van der Waals surface area contributed by atoms with Crippen molar-refractivity contribution in [2.75, 3.05) is 13.7 Å². The fourth-order valence-electron chi connectivity index (χ4n) is 3.63. The van der Waals surface area contributed by atoms with Gasteiger partial charge in [0.2, 0.25) is 0 Å². The van der Waals surface area contributed by atoms with Gasteiger partial charge in [-0.2, -0.15) is 0 Å². The maximum Gasteiger partial charge on any atom is 0.124 e. The van der Waals surface area contributed by atoms with E-state index in [2.05, 4.69) is 38.2 Å². The lowest BCUT2D eigenvalue weighted by molar-refractivity contribution is 0.366. The second kappa shape index (κ2) is 7.12. The fourth-order valence-corrected chi connectivity index (χ4v) is 3.63. The number of methoxy groups -OCH3 is 1. The molecule has 0 radical (unpaired) electrons. The summed E-state index contributed by atoms with van der Waals surface area (Å²) in [5.74, 6) is 1.84. The van der Waals surface area contributed by atoms with Gasteiger partial charge in [0.15, 0.2) is 0 Å². The molecule has 2 heteroatoms. The first-order valence-electron chi connectivity index (χ1n) is 8.05. The van der Waals surface area contributed by atoms with Crippen LogP contribution in [0.15, 0.2) is 12.1 Å². The van der Waals surface area contributed by atoms with Crippen molar-refractivity contribution in [3.8, 4) is 5.75 Å². The van der Waals surface area contributed by atoms with Gasteiger partial charge >= 0.3 is 0 Å². The molecule has 112 valence electrons. The summed E-state index contributed by atoms with van der Waals surface area (Å²) in [6, 6.07) is 5.15. The van der Waals surface area contributed by atoms with Crippen molar-refractivity contribution in [3.63, 3.8) is 0 Å². The van der Waals surface area contributed by atoms with Crippen LogP contribution in [0.1, 0.15) is 61.8 Å². The average molecular weight is 275 g/mol. The Morgan fingerprint density at radius 1 is 1.20 bits per heavy atom. The second-order valence-electron chi connectivity index (χ2n) is 6.16. The molecule has 0 amide bonds. The number of aryl methyl sites for hydroxylation is 2. The van der Waals surface area contributed by atoms with E-state index in [1.54, 1.807) is 7.11 Å². The zero-order chi connectivity index (χ0) is 14.5. The van der Waals surface area contributed by atoms with E-state index in [0.717, 1.165) is 18.2 Å². The Morgan fingerprint density at radius 3 is 2.30 bits per heavy atom. The Hall–Kier alpha value is -1.02. The number of benzene rings is 1. The second-order valence-corrected chi connectivity index (χ2v) is 6.16. The van der Waals surface area contributed by atoms with E-state index < -0.39 is 0 Å². The molecule has 1 fully saturated rings. The van der Waals surface area contributed by atoms with Crippen LogP contribution in [0, 0.1) is 19.8 Å². The topological polar surface area (TPSA) is 21.3 Å². The molecular formula is C18H29NO. The van der Waals surface area contributed by atoms with Crippen molar-refractivity contribution < 1.29 is 4.74 Å². The minimum Gasteiger partial charge on any atom is -0.496 e. The lowest BCUT2D eigenvalue weighted by Crippen LogP contribution is -2.28. The maximum absolute atomic E-state index is 5.50. The Kier molecular flexibility index (Phi) is 5.47. The van der Waals surface area contributed by atoms with Crippen molar-refractivity contribution in [3.05, 3.63) is 28.8 Å².